The minimum absolute atomic E-state index is 0.156. The predicted octanol–water partition coefficient (Wildman–Crippen LogP) is 4.90. The molecule has 32 heavy (non-hydrogen) atoms. The third-order valence-electron chi connectivity index (χ3n) is 5.30. The Balaban J connectivity index is 1.31. The third kappa shape index (κ3) is 4.09. The molecule has 0 radical (unpaired) electrons. The number of benzene rings is 2. The van der Waals surface area contributed by atoms with Gasteiger partial charge in [0, 0.05) is 42.5 Å². The SMILES string of the molecule is O=C(Nc1cccc(Cl)c1)N1CCN(c2ncnc3c(-c4ccc(F)cc4)nsc23)CC1. The monoisotopic (exact) mass is 468 g/mol. The molecule has 2 aromatic heterocycles. The van der Waals surface area contributed by atoms with Crippen molar-refractivity contribution in [2.24, 2.45) is 0 Å². The molecule has 0 spiro atoms. The molecule has 10 heteroatoms. The molecule has 3 heterocycles. The zero-order chi connectivity index (χ0) is 22.1. The molecular formula is C22H18ClFN6OS. The van der Waals surface area contributed by atoms with E-state index in [1.165, 1.54) is 30.0 Å². The molecule has 162 valence electrons. The van der Waals surface area contributed by atoms with Crippen LogP contribution < -0.4 is 10.2 Å². The van der Waals surface area contributed by atoms with Crippen LogP contribution in [0.15, 0.2) is 54.9 Å². The maximum absolute atomic E-state index is 13.3. The van der Waals surface area contributed by atoms with Gasteiger partial charge in [-0.3, -0.25) is 0 Å². The van der Waals surface area contributed by atoms with E-state index in [9.17, 15) is 9.18 Å². The molecule has 2 aromatic carbocycles. The predicted molar refractivity (Wildman–Crippen MR) is 125 cm³/mol. The van der Waals surface area contributed by atoms with Gasteiger partial charge in [-0.1, -0.05) is 17.7 Å². The lowest BCUT2D eigenvalue weighted by Gasteiger charge is -2.35. The molecule has 7 nitrogen and oxygen atoms in total. The molecule has 0 saturated carbocycles. The number of hydrogen-bond donors (Lipinski definition) is 1. The summed E-state index contributed by atoms with van der Waals surface area (Å²) in [7, 11) is 0. The fourth-order valence-electron chi connectivity index (χ4n) is 3.66. The van der Waals surface area contributed by atoms with Gasteiger partial charge in [0.05, 0.1) is 0 Å². The van der Waals surface area contributed by atoms with Crippen molar-refractivity contribution in [1.82, 2.24) is 19.2 Å². The molecule has 5 rings (SSSR count). The second-order valence-electron chi connectivity index (χ2n) is 7.33. The van der Waals surface area contributed by atoms with Gasteiger partial charge >= 0.3 is 6.03 Å². The highest BCUT2D eigenvalue weighted by molar-refractivity contribution is 7.14. The van der Waals surface area contributed by atoms with Crippen molar-refractivity contribution < 1.29 is 9.18 Å². The van der Waals surface area contributed by atoms with Gasteiger partial charge in [-0.05, 0) is 54.0 Å². The van der Waals surface area contributed by atoms with Crippen molar-refractivity contribution in [3.8, 4) is 11.3 Å². The van der Waals surface area contributed by atoms with E-state index in [4.69, 9.17) is 11.6 Å². The van der Waals surface area contributed by atoms with E-state index in [0.717, 1.165) is 21.6 Å². The second-order valence-corrected chi connectivity index (χ2v) is 8.54. The van der Waals surface area contributed by atoms with E-state index in [1.54, 1.807) is 41.3 Å². The van der Waals surface area contributed by atoms with Gasteiger partial charge in [-0.15, -0.1) is 0 Å². The quantitative estimate of drug-likeness (QED) is 0.463. The van der Waals surface area contributed by atoms with Gasteiger partial charge in [-0.2, -0.15) is 4.37 Å². The number of nitrogens with one attached hydrogen (secondary N) is 1. The van der Waals surface area contributed by atoms with Gasteiger partial charge in [0.15, 0.2) is 5.82 Å². The van der Waals surface area contributed by atoms with Crippen molar-refractivity contribution >= 4 is 50.9 Å². The van der Waals surface area contributed by atoms with Crippen LogP contribution in [0.3, 0.4) is 0 Å². The Labute approximate surface area is 192 Å². The average Bonchev–Trinajstić information content (AvgIpc) is 3.24. The summed E-state index contributed by atoms with van der Waals surface area (Å²) in [5.41, 5.74) is 2.94. The lowest BCUT2D eigenvalue weighted by Crippen LogP contribution is -2.50. The van der Waals surface area contributed by atoms with Gasteiger partial charge in [0.25, 0.3) is 0 Å². The summed E-state index contributed by atoms with van der Waals surface area (Å²) in [6, 6.07) is 13.1. The lowest BCUT2D eigenvalue weighted by atomic mass is 10.1. The molecule has 0 aliphatic carbocycles. The number of piperazine rings is 1. The van der Waals surface area contributed by atoms with Gasteiger partial charge in [-0.25, -0.2) is 19.2 Å². The zero-order valence-corrected chi connectivity index (χ0v) is 18.4. The summed E-state index contributed by atoms with van der Waals surface area (Å²) in [6.45, 7) is 2.39. The number of hydrogen-bond acceptors (Lipinski definition) is 6. The smallest absolute Gasteiger partial charge is 0.321 e. The van der Waals surface area contributed by atoms with E-state index >= 15 is 0 Å². The van der Waals surface area contributed by atoms with Crippen LogP contribution in [0.5, 0.6) is 0 Å². The summed E-state index contributed by atoms with van der Waals surface area (Å²) in [4.78, 5) is 25.4. The second kappa shape index (κ2) is 8.68. The van der Waals surface area contributed by atoms with Crippen LogP contribution in [0.1, 0.15) is 0 Å². The first kappa shape index (κ1) is 20.6. The van der Waals surface area contributed by atoms with Gasteiger partial charge in [0.2, 0.25) is 0 Å². The number of aromatic nitrogens is 3. The Morgan fingerprint density at radius 3 is 2.59 bits per heavy atom. The molecule has 0 atom stereocenters. The lowest BCUT2D eigenvalue weighted by molar-refractivity contribution is 0.208. The molecule has 1 saturated heterocycles. The number of halogens is 2. The Hall–Kier alpha value is -3.30. The van der Waals surface area contributed by atoms with Crippen molar-refractivity contribution in [3.63, 3.8) is 0 Å². The highest BCUT2D eigenvalue weighted by atomic mass is 35.5. The summed E-state index contributed by atoms with van der Waals surface area (Å²) >= 11 is 7.32. The standard InChI is InChI=1S/C22H18ClFN6OS/c23-15-2-1-3-17(12-15)27-22(31)30-10-8-29(9-11-30)21-20-19(25-13-26-21)18(28-32-20)14-4-6-16(24)7-5-14/h1-7,12-13H,8-11H2,(H,27,31). The van der Waals surface area contributed by atoms with Gasteiger partial charge in [0.1, 0.15) is 28.1 Å². The summed E-state index contributed by atoms with van der Waals surface area (Å²) in [5.74, 6) is 0.511. The van der Waals surface area contributed by atoms with Crippen molar-refractivity contribution in [1.29, 1.82) is 0 Å². The molecule has 0 unspecified atom stereocenters. The molecule has 1 aliphatic rings. The summed E-state index contributed by atoms with van der Waals surface area (Å²) < 4.78 is 18.7. The van der Waals surface area contributed by atoms with E-state index in [1.807, 2.05) is 0 Å². The molecular weight excluding hydrogens is 451 g/mol. The Morgan fingerprint density at radius 2 is 1.84 bits per heavy atom. The molecule has 1 aliphatic heterocycles. The van der Waals surface area contributed by atoms with Crippen LogP contribution in [0, 0.1) is 5.82 Å². The minimum Gasteiger partial charge on any atom is -0.352 e. The number of fused-ring (bicyclic) bond motifs is 1. The number of anilines is 2. The van der Waals surface area contributed by atoms with E-state index in [-0.39, 0.29) is 11.8 Å². The first-order valence-corrected chi connectivity index (χ1v) is 11.2. The fraction of sp³-hybridized carbons (Fsp3) is 0.182. The number of amides is 2. The third-order valence-corrected chi connectivity index (χ3v) is 6.36. The van der Waals surface area contributed by atoms with E-state index in [2.05, 4.69) is 24.6 Å². The molecule has 1 N–H and O–H groups in total. The number of rotatable bonds is 3. The number of urea groups is 1. The normalized spacial score (nSPS) is 14.1. The van der Waals surface area contributed by atoms with Crippen molar-refractivity contribution in [2.45, 2.75) is 0 Å². The number of carbonyl (C=O) groups excluding carboxylic acids is 1. The van der Waals surface area contributed by atoms with Crippen molar-refractivity contribution in [3.05, 3.63) is 65.7 Å². The highest BCUT2D eigenvalue weighted by Gasteiger charge is 2.25. The minimum atomic E-state index is -0.291. The first-order valence-electron chi connectivity index (χ1n) is 10.0. The number of carbonyl (C=O) groups is 1. The summed E-state index contributed by atoms with van der Waals surface area (Å²) in [6.07, 6.45) is 1.53. The maximum Gasteiger partial charge on any atom is 0.321 e. The molecule has 0 bridgehead atoms. The van der Waals surface area contributed by atoms with Crippen LogP contribution in [0.25, 0.3) is 21.5 Å². The first-order chi connectivity index (χ1) is 15.6. The maximum atomic E-state index is 13.3. The van der Waals surface area contributed by atoms with E-state index in [0.29, 0.717) is 42.6 Å². The average molecular weight is 469 g/mol. The number of nitrogens with zero attached hydrogens (tertiary/aromatic N) is 5. The summed E-state index contributed by atoms with van der Waals surface area (Å²) in [5, 5.41) is 3.46. The molecule has 4 aromatic rings. The van der Waals surface area contributed by atoms with Crippen LogP contribution in [0.4, 0.5) is 20.7 Å². The van der Waals surface area contributed by atoms with Crippen LogP contribution in [0.2, 0.25) is 5.02 Å². The Morgan fingerprint density at radius 1 is 1.06 bits per heavy atom. The Kier molecular flexibility index (Phi) is 5.59. The topological polar surface area (TPSA) is 74.2 Å². The van der Waals surface area contributed by atoms with Crippen LogP contribution >= 0.6 is 23.1 Å². The van der Waals surface area contributed by atoms with E-state index < -0.39 is 0 Å². The Bertz CT molecular complexity index is 1270. The van der Waals surface area contributed by atoms with Crippen LogP contribution in [-0.2, 0) is 0 Å². The largest absolute Gasteiger partial charge is 0.352 e. The molecule has 2 amide bonds. The highest BCUT2D eigenvalue weighted by Crippen LogP contribution is 2.34. The van der Waals surface area contributed by atoms with Crippen LogP contribution in [-0.4, -0.2) is 51.5 Å². The molecule has 1 fully saturated rings. The van der Waals surface area contributed by atoms with Gasteiger partial charge < -0.3 is 15.1 Å². The zero-order valence-electron chi connectivity index (χ0n) is 16.8. The fourth-order valence-corrected chi connectivity index (χ4v) is 4.73. The van der Waals surface area contributed by atoms with Crippen molar-refractivity contribution in [2.75, 3.05) is 36.4 Å².